The first kappa shape index (κ1) is 11.4. The number of hydrogen-bond acceptors (Lipinski definition) is 4. The van der Waals surface area contributed by atoms with Gasteiger partial charge < -0.3 is 15.7 Å². The summed E-state index contributed by atoms with van der Waals surface area (Å²) in [4.78, 5) is 15.0. The van der Waals surface area contributed by atoms with E-state index in [4.69, 9.17) is 10.8 Å². The Balaban J connectivity index is 3.56. The Hall–Kier alpha value is -0.650. The van der Waals surface area contributed by atoms with E-state index >= 15 is 0 Å². The van der Waals surface area contributed by atoms with Crippen LogP contribution in [0.4, 0.5) is 0 Å². The third-order valence-corrected chi connectivity index (χ3v) is 1.51. The van der Waals surface area contributed by atoms with Gasteiger partial charge in [0.25, 0.3) is 0 Å². The minimum Gasteiger partial charge on any atom is -0.480 e. The maximum Gasteiger partial charge on any atom is 0.323 e. The van der Waals surface area contributed by atoms with Crippen LogP contribution >= 0.6 is 0 Å². The molecule has 5 nitrogen and oxygen atoms in total. The highest BCUT2D eigenvalue weighted by molar-refractivity contribution is 5.73. The van der Waals surface area contributed by atoms with Crippen molar-refractivity contribution in [2.45, 2.75) is 25.3 Å². The monoisotopic (exact) mass is 176 g/mol. The summed E-state index contributed by atoms with van der Waals surface area (Å²) in [6.07, 6.45) is 2.18. The average molecular weight is 176 g/mol. The Morgan fingerprint density at radius 3 is 2.75 bits per heavy atom. The van der Waals surface area contributed by atoms with Crippen molar-refractivity contribution < 1.29 is 14.7 Å². The van der Waals surface area contributed by atoms with Gasteiger partial charge in [-0.05, 0) is 25.8 Å². The Morgan fingerprint density at radius 1 is 1.67 bits per heavy atom. The Labute approximate surface area is 71.8 Å². The minimum absolute atomic E-state index is 0.542. The van der Waals surface area contributed by atoms with Crippen molar-refractivity contribution in [1.82, 2.24) is 5.48 Å². The number of unbranched alkanes of at least 4 members (excludes halogenated alkanes) is 1. The Kier molecular flexibility index (Phi) is 6.64. The molecule has 72 valence electrons. The summed E-state index contributed by atoms with van der Waals surface area (Å²) in [5, 5.41) is 8.63. The summed E-state index contributed by atoms with van der Waals surface area (Å²) >= 11 is 0. The predicted molar refractivity (Wildman–Crippen MR) is 44.5 cm³/mol. The highest BCUT2D eigenvalue weighted by atomic mass is 16.6. The van der Waals surface area contributed by atoms with Crippen LogP contribution in [-0.2, 0) is 9.63 Å². The molecule has 1 unspecified atom stereocenters. The second-order valence-electron chi connectivity index (χ2n) is 2.50. The summed E-state index contributed by atoms with van der Waals surface area (Å²) in [7, 11) is 1.40. The smallest absolute Gasteiger partial charge is 0.323 e. The molecular formula is C7H16N2O3. The fourth-order valence-electron chi connectivity index (χ4n) is 0.868. The maximum absolute atomic E-state index is 10.5. The molecule has 12 heavy (non-hydrogen) atoms. The number of carbonyl (C=O) groups is 1. The van der Waals surface area contributed by atoms with Crippen molar-refractivity contribution in [2.75, 3.05) is 13.7 Å². The van der Waals surface area contributed by atoms with Crippen LogP contribution in [0.3, 0.4) is 0 Å². The topological polar surface area (TPSA) is 84.6 Å². The predicted octanol–water partition coefficient (Wildman–Crippen LogP) is -0.280. The third-order valence-electron chi connectivity index (χ3n) is 1.51. The maximum atomic E-state index is 10.5. The number of carboxylic acid groups (broad SMARTS) is 1. The van der Waals surface area contributed by atoms with E-state index in [9.17, 15) is 4.79 Å². The number of carboxylic acids is 1. The van der Waals surface area contributed by atoms with Crippen LogP contribution in [0.2, 0.25) is 0 Å². The fourth-order valence-corrected chi connectivity index (χ4v) is 0.868. The number of rotatable bonds is 7. The number of nitrogens with two attached hydrogens (primary N) is 1. The first-order valence-corrected chi connectivity index (χ1v) is 3.93. The summed E-state index contributed by atoms with van der Waals surface area (Å²) in [6.45, 7) is 0.597. The van der Waals surface area contributed by atoms with Gasteiger partial charge in [0.15, 0.2) is 0 Å². The lowest BCUT2D eigenvalue weighted by molar-refractivity contribution is -0.143. The Bertz CT molecular complexity index is 130. The van der Waals surface area contributed by atoms with E-state index in [1.807, 2.05) is 0 Å². The molecule has 4 N–H and O–H groups in total. The highest BCUT2D eigenvalue weighted by Crippen LogP contribution is 2.00. The van der Waals surface area contributed by atoms with Gasteiger partial charge >= 0.3 is 5.97 Å². The minimum atomic E-state index is -0.895. The molecular weight excluding hydrogens is 160 g/mol. The molecule has 5 heteroatoms. The summed E-state index contributed by atoms with van der Waals surface area (Å²) in [5.41, 5.74) is 7.67. The van der Waals surface area contributed by atoms with Crippen molar-refractivity contribution in [3.63, 3.8) is 0 Å². The largest absolute Gasteiger partial charge is 0.480 e. The van der Waals surface area contributed by atoms with Gasteiger partial charge in [0.2, 0.25) is 0 Å². The van der Waals surface area contributed by atoms with E-state index in [1.165, 1.54) is 7.11 Å². The molecule has 0 aliphatic heterocycles. The van der Waals surface area contributed by atoms with Gasteiger partial charge in [-0.1, -0.05) is 0 Å². The van der Waals surface area contributed by atoms with Gasteiger partial charge in [-0.2, -0.15) is 5.48 Å². The van der Waals surface area contributed by atoms with Crippen LogP contribution in [0.15, 0.2) is 0 Å². The number of aliphatic carboxylic acids is 1. The van der Waals surface area contributed by atoms with Gasteiger partial charge in [-0.15, -0.1) is 0 Å². The molecule has 0 rings (SSSR count). The lowest BCUT2D eigenvalue weighted by atomic mass is 10.1. The van der Waals surface area contributed by atoms with Crippen LogP contribution in [0.5, 0.6) is 0 Å². The van der Waals surface area contributed by atoms with Crippen molar-refractivity contribution in [1.29, 1.82) is 0 Å². The van der Waals surface area contributed by atoms with E-state index in [2.05, 4.69) is 10.3 Å². The second kappa shape index (κ2) is 7.02. The normalized spacial score (nSPS) is 12.8. The van der Waals surface area contributed by atoms with E-state index in [0.29, 0.717) is 13.0 Å². The van der Waals surface area contributed by atoms with Crippen molar-refractivity contribution >= 4 is 5.97 Å². The average Bonchev–Trinajstić information content (AvgIpc) is 2.03. The van der Waals surface area contributed by atoms with Gasteiger partial charge in [-0.25, -0.2) is 0 Å². The molecule has 0 aromatic carbocycles. The van der Waals surface area contributed by atoms with Crippen LogP contribution in [0, 0.1) is 0 Å². The second-order valence-corrected chi connectivity index (χ2v) is 2.50. The summed E-state index contributed by atoms with van der Waals surface area (Å²) in [5.74, 6) is -0.895. The molecule has 0 heterocycles. The standard InChI is InChI=1S/C7H16N2O3/c1-12-9-6(7(10)11)4-2-3-5-8/h6,9H,2-5,8H2,1H3,(H,10,11). The zero-order valence-corrected chi connectivity index (χ0v) is 7.25. The summed E-state index contributed by atoms with van der Waals surface area (Å²) < 4.78 is 0. The lowest BCUT2D eigenvalue weighted by Gasteiger charge is -2.11. The van der Waals surface area contributed by atoms with E-state index in [0.717, 1.165) is 12.8 Å². The van der Waals surface area contributed by atoms with E-state index < -0.39 is 12.0 Å². The molecule has 0 aromatic heterocycles. The number of nitrogens with one attached hydrogen (secondary N) is 1. The molecule has 0 bridgehead atoms. The van der Waals surface area contributed by atoms with Gasteiger partial charge in [-0.3, -0.25) is 4.79 Å². The molecule has 0 fully saturated rings. The van der Waals surface area contributed by atoms with Crippen LogP contribution < -0.4 is 11.2 Å². The van der Waals surface area contributed by atoms with Gasteiger partial charge in [0.1, 0.15) is 6.04 Å². The molecule has 0 amide bonds. The molecule has 0 saturated carbocycles. The van der Waals surface area contributed by atoms with Crippen molar-refractivity contribution in [3.05, 3.63) is 0 Å². The van der Waals surface area contributed by atoms with Crippen molar-refractivity contribution in [2.24, 2.45) is 5.73 Å². The first-order valence-electron chi connectivity index (χ1n) is 3.93. The van der Waals surface area contributed by atoms with Crippen LogP contribution in [-0.4, -0.2) is 30.8 Å². The number of hydroxylamine groups is 1. The first-order chi connectivity index (χ1) is 5.72. The fraction of sp³-hybridized carbons (Fsp3) is 0.857. The van der Waals surface area contributed by atoms with Crippen molar-refractivity contribution in [3.8, 4) is 0 Å². The van der Waals surface area contributed by atoms with Crippen LogP contribution in [0.25, 0.3) is 0 Å². The van der Waals surface area contributed by atoms with Crippen LogP contribution in [0.1, 0.15) is 19.3 Å². The number of hydrogen-bond donors (Lipinski definition) is 3. The molecule has 0 aromatic rings. The molecule has 0 saturated heterocycles. The molecule has 0 aliphatic rings. The highest BCUT2D eigenvalue weighted by Gasteiger charge is 2.15. The summed E-state index contributed by atoms with van der Waals surface area (Å²) in [6, 6.07) is -0.624. The quantitative estimate of drug-likeness (QED) is 0.367. The molecule has 1 atom stereocenters. The Morgan fingerprint density at radius 2 is 2.33 bits per heavy atom. The SMILES string of the molecule is CONC(CCCCN)C(=O)O. The lowest BCUT2D eigenvalue weighted by Crippen LogP contribution is -2.35. The van der Waals surface area contributed by atoms with E-state index in [1.54, 1.807) is 0 Å². The zero-order chi connectivity index (χ0) is 9.40. The molecule has 0 radical (unpaired) electrons. The molecule has 0 spiro atoms. The van der Waals surface area contributed by atoms with Gasteiger partial charge in [0, 0.05) is 0 Å². The molecule has 0 aliphatic carbocycles. The third kappa shape index (κ3) is 5.06. The zero-order valence-electron chi connectivity index (χ0n) is 7.25. The van der Waals surface area contributed by atoms with Gasteiger partial charge in [0.05, 0.1) is 7.11 Å². The van der Waals surface area contributed by atoms with E-state index in [-0.39, 0.29) is 0 Å².